The molecule has 1 aromatic heterocycles. The number of hydrogen-bond acceptors (Lipinski definition) is 7. The molecule has 3 rings (SSSR count). The van der Waals surface area contributed by atoms with Gasteiger partial charge in [-0.15, -0.1) is 0 Å². The average molecular weight is 493 g/mol. The van der Waals surface area contributed by atoms with Gasteiger partial charge in [0.1, 0.15) is 5.82 Å². The maximum atomic E-state index is 15.4. The summed E-state index contributed by atoms with van der Waals surface area (Å²) in [6, 6.07) is 4.11. The summed E-state index contributed by atoms with van der Waals surface area (Å²) >= 11 is 7.02. The fraction of sp³-hybridized carbons (Fsp3) is 0.182. The first-order valence-electron chi connectivity index (χ1n) is 9.48. The Kier molecular flexibility index (Phi) is 9.71. The second-order valence-corrected chi connectivity index (χ2v) is 7.50. The van der Waals surface area contributed by atoms with Crippen LogP contribution in [0.1, 0.15) is 12.5 Å². The molecule has 2 aromatic rings. The van der Waals surface area contributed by atoms with Gasteiger partial charge in [0.25, 0.3) is 0 Å². The van der Waals surface area contributed by atoms with Crippen molar-refractivity contribution in [2.24, 2.45) is 20.7 Å². The molecule has 7 nitrogen and oxygen atoms in total. The molecule has 0 unspecified atom stereocenters. The molecule has 0 fully saturated rings. The number of halogens is 3. The number of amidine groups is 1. The van der Waals surface area contributed by atoms with E-state index in [1.165, 1.54) is 38.7 Å². The van der Waals surface area contributed by atoms with Crippen LogP contribution in [0, 0.1) is 11.6 Å². The SMILES string of the molecule is C=N/C=C1/C=C(c2c(F)ccc(NSc3cc(Cl)cnc3OC)c2F)C(C)=NC1=NC.CN. The molecule has 0 radical (unpaired) electrons. The lowest BCUT2D eigenvalue weighted by Gasteiger charge is -2.18. The highest BCUT2D eigenvalue weighted by molar-refractivity contribution is 8.00. The van der Waals surface area contributed by atoms with Gasteiger partial charge >= 0.3 is 0 Å². The Labute approximate surface area is 200 Å². The number of anilines is 1. The lowest BCUT2D eigenvalue weighted by atomic mass is 9.95. The number of ether oxygens (including phenoxy) is 1. The number of benzene rings is 1. The van der Waals surface area contributed by atoms with Gasteiger partial charge in [-0.1, -0.05) is 11.6 Å². The number of aliphatic imine (C=N–C) groups is 3. The molecule has 0 amide bonds. The van der Waals surface area contributed by atoms with Crippen LogP contribution in [0.3, 0.4) is 0 Å². The first kappa shape index (κ1) is 26.2. The topological polar surface area (TPSA) is 97.2 Å². The molecule has 0 saturated carbocycles. The Morgan fingerprint density at radius 1 is 1.30 bits per heavy atom. The van der Waals surface area contributed by atoms with Gasteiger partial charge in [0.05, 0.1) is 28.3 Å². The van der Waals surface area contributed by atoms with Crippen molar-refractivity contribution in [3.63, 3.8) is 0 Å². The first-order valence-corrected chi connectivity index (χ1v) is 10.7. The monoisotopic (exact) mass is 492 g/mol. The van der Waals surface area contributed by atoms with E-state index in [2.05, 4.69) is 37.1 Å². The zero-order valence-electron chi connectivity index (χ0n) is 18.5. The van der Waals surface area contributed by atoms with Gasteiger partial charge in [0.2, 0.25) is 5.88 Å². The Balaban J connectivity index is 0.00000187. The lowest BCUT2D eigenvalue weighted by molar-refractivity contribution is 0.387. The van der Waals surface area contributed by atoms with Gasteiger partial charge in [-0.25, -0.2) is 18.8 Å². The molecule has 1 aliphatic heterocycles. The molecule has 1 aromatic carbocycles. The van der Waals surface area contributed by atoms with Crippen molar-refractivity contribution < 1.29 is 13.5 Å². The van der Waals surface area contributed by atoms with Crippen molar-refractivity contribution >= 4 is 53.1 Å². The second-order valence-electron chi connectivity index (χ2n) is 6.22. The molecular weight excluding hydrogens is 470 g/mol. The number of nitrogens with two attached hydrogens (primary N) is 1. The highest BCUT2D eigenvalue weighted by Gasteiger charge is 2.24. The lowest BCUT2D eigenvalue weighted by Crippen LogP contribution is -2.13. The molecule has 0 atom stereocenters. The van der Waals surface area contributed by atoms with Gasteiger partial charge in [-0.05, 0) is 56.9 Å². The largest absolute Gasteiger partial charge is 0.480 e. The van der Waals surface area contributed by atoms with Gasteiger partial charge in [-0.3, -0.25) is 9.98 Å². The maximum absolute atomic E-state index is 15.4. The number of pyridine rings is 1. The zero-order chi connectivity index (χ0) is 24.5. The van der Waals surface area contributed by atoms with Crippen LogP contribution in [0.4, 0.5) is 14.5 Å². The molecule has 0 bridgehead atoms. The Hall–Kier alpha value is -3.08. The second kappa shape index (κ2) is 12.2. The van der Waals surface area contributed by atoms with E-state index in [-0.39, 0.29) is 16.8 Å². The summed E-state index contributed by atoms with van der Waals surface area (Å²) in [6.07, 6.45) is 4.46. The van der Waals surface area contributed by atoms with E-state index in [1.54, 1.807) is 26.1 Å². The molecule has 33 heavy (non-hydrogen) atoms. The van der Waals surface area contributed by atoms with E-state index in [1.807, 2.05) is 0 Å². The summed E-state index contributed by atoms with van der Waals surface area (Å²) in [5.74, 6) is -0.774. The third-order valence-corrected chi connectivity index (χ3v) is 5.31. The predicted molar refractivity (Wildman–Crippen MR) is 134 cm³/mol. The minimum absolute atomic E-state index is 0.0689. The van der Waals surface area contributed by atoms with Gasteiger partial charge < -0.3 is 15.2 Å². The molecule has 174 valence electrons. The van der Waals surface area contributed by atoms with Crippen LogP contribution < -0.4 is 15.2 Å². The van der Waals surface area contributed by atoms with Crippen molar-refractivity contribution in [3.8, 4) is 5.88 Å². The van der Waals surface area contributed by atoms with Crippen LogP contribution in [-0.2, 0) is 0 Å². The molecule has 0 aliphatic carbocycles. The van der Waals surface area contributed by atoms with E-state index in [9.17, 15) is 4.39 Å². The summed E-state index contributed by atoms with van der Waals surface area (Å²) in [4.78, 5) is 16.7. The fourth-order valence-electron chi connectivity index (χ4n) is 2.86. The summed E-state index contributed by atoms with van der Waals surface area (Å²) in [7, 11) is 4.54. The summed E-state index contributed by atoms with van der Waals surface area (Å²) in [5.41, 5.74) is 5.56. The van der Waals surface area contributed by atoms with E-state index >= 15 is 4.39 Å². The number of nitrogens with zero attached hydrogens (tertiary/aromatic N) is 4. The molecule has 2 heterocycles. The van der Waals surface area contributed by atoms with Crippen LogP contribution in [0.25, 0.3) is 5.57 Å². The zero-order valence-corrected chi connectivity index (χ0v) is 20.1. The van der Waals surface area contributed by atoms with E-state index in [4.69, 9.17) is 16.3 Å². The van der Waals surface area contributed by atoms with Gasteiger partial charge in [0, 0.05) is 36.3 Å². The first-order chi connectivity index (χ1) is 15.9. The van der Waals surface area contributed by atoms with Gasteiger partial charge in [-0.2, -0.15) is 0 Å². The number of hydrogen-bond donors (Lipinski definition) is 2. The van der Waals surface area contributed by atoms with Crippen molar-refractivity contribution in [2.45, 2.75) is 11.8 Å². The van der Waals surface area contributed by atoms with Crippen LogP contribution in [0.5, 0.6) is 5.88 Å². The smallest absolute Gasteiger partial charge is 0.228 e. The Bertz CT molecular complexity index is 1160. The summed E-state index contributed by atoms with van der Waals surface area (Å²) < 4.78 is 38.1. The molecule has 11 heteroatoms. The Morgan fingerprint density at radius 2 is 2.03 bits per heavy atom. The minimum atomic E-state index is -0.773. The molecule has 0 spiro atoms. The third kappa shape index (κ3) is 6.04. The van der Waals surface area contributed by atoms with Gasteiger partial charge in [0.15, 0.2) is 11.7 Å². The average Bonchev–Trinajstić information content (AvgIpc) is 2.82. The molecule has 1 aliphatic rings. The van der Waals surface area contributed by atoms with E-state index in [0.717, 1.165) is 11.9 Å². The van der Waals surface area contributed by atoms with Crippen LogP contribution in [-0.4, -0.2) is 44.5 Å². The normalized spacial score (nSPS) is 15.4. The molecule has 3 N–H and O–H groups in total. The Morgan fingerprint density at radius 3 is 2.67 bits per heavy atom. The number of rotatable bonds is 6. The van der Waals surface area contributed by atoms with Crippen LogP contribution >= 0.6 is 23.5 Å². The number of aromatic nitrogens is 1. The van der Waals surface area contributed by atoms with Crippen molar-refractivity contribution in [1.29, 1.82) is 0 Å². The minimum Gasteiger partial charge on any atom is -0.480 e. The quantitative estimate of drug-likeness (QED) is 0.427. The van der Waals surface area contributed by atoms with Crippen LogP contribution in [0.15, 0.2) is 62.1 Å². The van der Waals surface area contributed by atoms with Crippen molar-refractivity contribution in [3.05, 3.63) is 64.5 Å². The van der Waals surface area contributed by atoms with Crippen LogP contribution in [0.2, 0.25) is 5.02 Å². The highest BCUT2D eigenvalue weighted by Crippen LogP contribution is 2.35. The number of methoxy groups -OCH3 is 1. The highest BCUT2D eigenvalue weighted by atomic mass is 35.5. The predicted octanol–water partition coefficient (Wildman–Crippen LogP) is 5.19. The fourth-order valence-corrected chi connectivity index (χ4v) is 3.87. The molecular formula is C22H23ClF2N6OS. The standard InChI is InChI=1S/C21H18ClF2N5OS.CH5N/c1-11-14(7-12(9-25-2)20(26-3)28-11)18-15(23)5-6-16(19(18)24)29-31-17-8-13(22)10-27-21(17)30-4;1-2/h5-10,29H,2H2,1,3-4H3;2H2,1H3/b12-9-,26-20?;. The number of nitrogens with one attached hydrogen (secondary N) is 1. The van der Waals surface area contributed by atoms with Crippen molar-refractivity contribution in [2.75, 3.05) is 25.9 Å². The molecule has 0 saturated heterocycles. The number of dihydropyridines is 1. The maximum Gasteiger partial charge on any atom is 0.228 e. The summed E-state index contributed by atoms with van der Waals surface area (Å²) in [6.45, 7) is 5.08. The van der Waals surface area contributed by atoms with E-state index in [0.29, 0.717) is 32.9 Å². The third-order valence-electron chi connectivity index (χ3n) is 4.27. The van der Waals surface area contributed by atoms with Crippen molar-refractivity contribution in [1.82, 2.24) is 4.98 Å². The van der Waals surface area contributed by atoms with E-state index < -0.39 is 11.6 Å². The summed E-state index contributed by atoms with van der Waals surface area (Å²) in [5, 5.41) is 0.396. The number of allylic oxidation sites excluding steroid dienone is 1.